The largest absolute Gasteiger partial charge is 0.478 e. The van der Waals surface area contributed by atoms with Gasteiger partial charge in [-0.3, -0.25) is 4.90 Å². The number of benzene rings is 1. The molecule has 1 aliphatic rings. The first-order chi connectivity index (χ1) is 11.0. The molecule has 1 aromatic rings. The highest BCUT2D eigenvalue weighted by Crippen LogP contribution is 2.20. The number of carbonyl (C=O) groups excluding carboxylic acids is 2. The van der Waals surface area contributed by atoms with Gasteiger partial charge in [-0.1, -0.05) is 30.3 Å². The molecule has 0 aliphatic carbocycles. The Balaban J connectivity index is 2.03. The van der Waals surface area contributed by atoms with Gasteiger partial charge in [0.15, 0.2) is 0 Å². The van der Waals surface area contributed by atoms with Crippen LogP contribution < -0.4 is 0 Å². The fraction of sp³-hybridized carbons (Fsp3) is 0.438. The van der Waals surface area contributed by atoms with E-state index in [1.165, 1.54) is 12.0 Å². The van der Waals surface area contributed by atoms with E-state index in [0.29, 0.717) is 19.4 Å². The number of aliphatic carboxylic acids is 1. The van der Waals surface area contributed by atoms with Crippen molar-refractivity contribution in [2.75, 3.05) is 13.7 Å². The van der Waals surface area contributed by atoms with Gasteiger partial charge in [-0.15, -0.1) is 0 Å². The molecular weight excluding hydrogens is 302 g/mol. The van der Waals surface area contributed by atoms with Crippen molar-refractivity contribution in [3.63, 3.8) is 0 Å². The van der Waals surface area contributed by atoms with Gasteiger partial charge in [-0.05, 0) is 18.4 Å². The van der Waals surface area contributed by atoms with E-state index < -0.39 is 30.2 Å². The highest BCUT2D eigenvalue weighted by molar-refractivity contribution is 5.83. The molecule has 1 N–H and O–H groups in total. The first-order valence-corrected chi connectivity index (χ1v) is 7.34. The molecule has 1 aromatic carbocycles. The second-order valence-corrected chi connectivity index (χ2v) is 5.27. The van der Waals surface area contributed by atoms with Gasteiger partial charge in [0.1, 0.15) is 6.04 Å². The first-order valence-electron chi connectivity index (χ1n) is 7.34. The van der Waals surface area contributed by atoms with Crippen molar-refractivity contribution >= 4 is 18.0 Å². The zero-order chi connectivity index (χ0) is 16.8. The number of ether oxygens (including phenoxy) is 2. The fourth-order valence-electron chi connectivity index (χ4n) is 2.56. The van der Waals surface area contributed by atoms with E-state index in [0.717, 1.165) is 5.56 Å². The summed E-state index contributed by atoms with van der Waals surface area (Å²) in [4.78, 5) is 36.4. The molecule has 1 heterocycles. The standard InChI is InChI=1S/C16H19NO6/c1-22-15(20)12-8-5-9-17(12)16(21)23-13(14(18)19)10-11-6-3-2-4-7-11/h2-4,6-7,12-13H,5,8-10H2,1H3,(H,18,19)/t12-,13+/m1/s1. The lowest BCUT2D eigenvalue weighted by atomic mass is 10.1. The van der Waals surface area contributed by atoms with E-state index in [4.69, 9.17) is 4.74 Å². The van der Waals surface area contributed by atoms with E-state index in [9.17, 15) is 19.5 Å². The molecule has 0 bridgehead atoms. The smallest absolute Gasteiger partial charge is 0.411 e. The molecule has 7 heteroatoms. The van der Waals surface area contributed by atoms with E-state index in [1.54, 1.807) is 24.3 Å². The summed E-state index contributed by atoms with van der Waals surface area (Å²) in [5.41, 5.74) is 0.749. The Bertz CT molecular complexity index is 573. The molecule has 23 heavy (non-hydrogen) atoms. The molecule has 0 unspecified atom stereocenters. The second kappa shape index (κ2) is 7.62. The molecule has 2 atom stereocenters. The molecule has 1 aliphatic heterocycles. The van der Waals surface area contributed by atoms with Gasteiger partial charge < -0.3 is 14.6 Å². The van der Waals surface area contributed by atoms with Crippen molar-refractivity contribution in [3.8, 4) is 0 Å². The monoisotopic (exact) mass is 321 g/mol. The summed E-state index contributed by atoms with van der Waals surface area (Å²) in [6.45, 7) is 0.344. The van der Waals surface area contributed by atoms with E-state index in [1.807, 2.05) is 6.07 Å². The number of esters is 1. The van der Waals surface area contributed by atoms with Crippen LogP contribution in [0, 0.1) is 0 Å². The third-order valence-corrected chi connectivity index (χ3v) is 3.74. The molecule has 1 amide bonds. The number of carboxylic acid groups (broad SMARTS) is 1. The number of carboxylic acids is 1. The van der Waals surface area contributed by atoms with Crippen LogP contribution in [0.15, 0.2) is 30.3 Å². The van der Waals surface area contributed by atoms with Crippen LogP contribution in [0.3, 0.4) is 0 Å². The highest BCUT2D eigenvalue weighted by Gasteiger charge is 2.37. The summed E-state index contributed by atoms with van der Waals surface area (Å²) in [5.74, 6) is -1.74. The maximum atomic E-state index is 12.2. The van der Waals surface area contributed by atoms with Crippen molar-refractivity contribution in [2.45, 2.75) is 31.4 Å². The quantitative estimate of drug-likeness (QED) is 0.825. The number of hydrogen-bond donors (Lipinski definition) is 1. The first kappa shape index (κ1) is 16.8. The van der Waals surface area contributed by atoms with Crippen molar-refractivity contribution in [3.05, 3.63) is 35.9 Å². The van der Waals surface area contributed by atoms with Crippen LogP contribution in [0.2, 0.25) is 0 Å². The molecule has 1 saturated heterocycles. The van der Waals surface area contributed by atoms with Crippen LogP contribution in [0.5, 0.6) is 0 Å². The lowest BCUT2D eigenvalue weighted by Gasteiger charge is -2.24. The van der Waals surface area contributed by atoms with Crippen LogP contribution in [0.4, 0.5) is 4.79 Å². The van der Waals surface area contributed by atoms with E-state index in [2.05, 4.69) is 4.74 Å². The number of amides is 1. The third-order valence-electron chi connectivity index (χ3n) is 3.74. The number of rotatable bonds is 5. The molecule has 0 radical (unpaired) electrons. The van der Waals surface area contributed by atoms with Gasteiger partial charge in [0.2, 0.25) is 6.10 Å². The van der Waals surface area contributed by atoms with Crippen LogP contribution in [-0.4, -0.2) is 53.8 Å². The molecule has 2 rings (SSSR count). The van der Waals surface area contributed by atoms with Gasteiger partial charge in [0, 0.05) is 13.0 Å². The molecule has 0 saturated carbocycles. The Kier molecular flexibility index (Phi) is 5.56. The van der Waals surface area contributed by atoms with E-state index in [-0.39, 0.29) is 6.42 Å². The van der Waals surface area contributed by atoms with Gasteiger partial charge in [0.25, 0.3) is 0 Å². The topological polar surface area (TPSA) is 93.1 Å². The minimum Gasteiger partial charge on any atom is -0.478 e. The van der Waals surface area contributed by atoms with Gasteiger partial charge in [0.05, 0.1) is 7.11 Å². The van der Waals surface area contributed by atoms with E-state index >= 15 is 0 Å². The summed E-state index contributed by atoms with van der Waals surface area (Å²) in [5, 5.41) is 9.26. The SMILES string of the molecule is COC(=O)[C@H]1CCCN1C(=O)O[C@@H](Cc1ccccc1)C(=O)O. The Morgan fingerprint density at radius 2 is 2.00 bits per heavy atom. The normalized spacial score (nSPS) is 18.3. The lowest BCUT2D eigenvalue weighted by Crippen LogP contribution is -2.44. The summed E-state index contributed by atoms with van der Waals surface area (Å²) in [6, 6.07) is 8.19. The Hall–Kier alpha value is -2.57. The van der Waals surface area contributed by atoms with Crippen molar-refractivity contribution in [1.29, 1.82) is 0 Å². The van der Waals surface area contributed by atoms with Crippen molar-refractivity contribution in [2.24, 2.45) is 0 Å². The minimum atomic E-state index is -1.30. The average molecular weight is 321 g/mol. The lowest BCUT2D eigenvalue weighted by molar-refractivity contribution is -0.148. The maximum absolute atomic E-state index is 12.2. The summed E-state index contributed by atoms with van der Waals surface area (Å²) in [7, 11) is 1.25. The van der Waals surface area contributed by atoms with Crippen molar-refractivity contribution < 1.29 is 29.0 Å². The zero-order valence-electron chi connectivity index (χ0n) is 12.8. The van der Waals surface area contributed by atoms with Gasteiger partial charge in [-0.2, -0.15) is 0 Å². The molecule has 0 spiro atoms. The Labute approximate surface area is 133 Å². The van der Waals surface area contributed by atoms with Crippen molar-refractivity contribution in [1.82, 2.24) is 4.90 Å². The second-order valence-electron chi connectivity index (χ2n) is 5.27. The minimum absolute atomic E-state index is 0.0681. The van der Waals surface area contributed by atoms with Crippen LogP contribution in [0.25, 0.3) is 0 Å². The predicted octanol–water partition coefficient (Wildman–Crippen LogP) is 1.46. The summed E-state index contributed by atoms with van der Waals surface area (Å²) >= 11 is 0. The number of carbonyl (C=O) groups is 3. The molecule has 7 nitrogen and oxygen atoms in total. The van der Waals surface area contributed by atoms with Crippen LogP contribution >= 0.6 is 0 Å². The number of methoxy groups -OCH3 is 1. The van der Waals surface area contributed by atoms with Gasteiger partial charge in [-0.25, -0.2) is 14.4 Å². The molecule has 0 aromatic heterocycles. The zero-order valence-corrected chi connectivity index (χ0v) is 12.8. The fourth-order valence-corrected chi connectivity index (χ4v) is 2.56. The number of hydrogen-bond acceptors (Lipinski definition) is 5. The Morgan fingerprint density at radius 3 is 2.61 bits per heavy atom. The average Bonchev–Trinajstić information content (AvgIpc) is 3.04. The van der Waals surface area contributed by atoms with Crippen LogP contribution in [-0.2, 0) is 25.5 Å². The number of likely N-dealkylation sites (tertiary alicyclic amines) is 1. The third kappa shape index (κ3) is 4.21. The maximum Gasteiger partial charge on any atom is 0.411 e. The summed E-state index contributed by atoms with van der Waals surface area (Å²) < 4.78 is 9.76. The summed E-state index contributed by atoms with van der Waals surface area (Å²) in [6.07, 6.45) is -0.910. The Morgan fingerprint density at radius 1 is 1.30 bits per heavy atom. The van der Waals surface area contributed by atoms with Gasteiger partial charge >= 0.3 is 18.0 Å². The molecule has 1 fully saturated rings. The predicted molar refractivity (Wildman–Crippen MR) is 79.8 cm³/mol. The van der Waals surface area contributed by atoms with Crippen LogP contribution in [0.1, 0.15) is 18.4 Å². The molecule has 124 valence electrons. The number of nitrogens with zero attached hydrogens (tertiary/aromatic N) is 1. The molecular formula is C16H19NO6. The highest BCUT2D eigenvalue weighted by atomic mass is 16.6.